The summed E-state index contributed by atoms with van der Waals surface area (Å²) in [5, 5.41) is 4.82. The zero-order chi connectivity index (χ0) is 12.8. The fourth-order valence-corrected chi connectivity index (χ4v) is 2.30. The van der Waals surface area contributed by atoms with Crippen LogP contribution in [0, 0.1) is 0 Å². The van der Waals surface area contributed by atoms with Crippen molar-refractivity contribution in [2.24, 2.45) is 0 Å². The lowest BCUT2D eigenvalue weighted by Crippen LogP contribution is -2.21. The predicted molar refractivity (Wildman–Crippen MR) is 76.9 cm³/mol. The van der Waals surface area contributed by atoms with E-state index < -0.39 is 0 Å². The minimum atomic E-state index is 0.220. The Morgan fingerprint density at radius 3 is 2.59 bits per heavy atom. The highest BCUT2D eigenvalue weighted by molar-refractivity contribution is 6.35. The Labute approximate surface area is 114 Å². The summed E-state index contributed by atoms with van der Waals surface area (Å²) in [6, 6.07) is 5.87. The Morgan fingerprint density at radius 2 is 2.06 bits per heavy atom. The summed E-state index contributed by atoms with van der Waals surface area (Å²) in [6.07, 6.45) is 1.90. The van der Waals surface area contributed by atoms with Crippen LogP contribution in [0.1, 0.15) is 38.3 Å². The predicted octanol–water partition coefficient (Wildman–Crippen LogP) is 5.00. The Hall–Kier alpha value is -0.500. The van der Waals surface area contributed by atoms with Crippen molar-refractivity contribution in [2.45, 2.75) is 32.7 Å². The van der Waals surface area contributed by atoms with Crippen LogP contribution in [0.2, 0.25) is 10.0 Å². The monoisotopic (exact) mass is 271 g/mol. The largest absolute Gasteiger partial charge is 0.310 e. The maximum Gasteiger partial charge on any atom is 0.0468 e. The van der Waals surface area contributed by atoms with Gasteiger partial charge in [-0.2, -0.15) is 0 Å². The van der Waals surface area contributed by atoms with E-state index in [0.717, 1.165) is 24.9 Å². The second-order valence-corrected chi connectivity index (χ2v) is 4.93. The zero-order valence-corrected chi connectivity index (χ0v) is 11.9. The van der Waals surface area contributed by atoms with E-state index in [9.17, 15) is 0 Å². The van der Waals surface area contributed by atoms with E-state index >= 15 is 0 Å². The minimum Gasteiger partial charge on any atom is -0.310 e. The molecule has 0 saturated heterocycles. The summed E-state index contributed by atoms with van der Waals surface area (Å²) in [5.74, 6) is 0. The average Bonchev–Trinajstić information content (AvgIpc) is 2.28. The number of hydrogen-bond acceptors (Lipinski definition) is 1. The molecule has 17 heavy (non-hydrogen) atoms. The summed E-state index contributed by atoms with van der Waals surface area (Å²) in [7, 11) is 0. The van der Waals surface area contributed by atoms with Gasteiger partial charge in [-0.05, 0) is 37.1 Å². The fraction of sp³-hybridized carbons (Fsp3) is 0.429. The van der Waals surface area contributed by atoms with Gasteiger partial charge in [0.15, 0.2) is 0 Å². The molecule has 0 bridgehead atoms. The molecule has 0 spiro atoms. The van der Waals surface area contributed by atoms with Crippen LogP contribution in [0.25, 0.3) is 0 Å². The van der Waals surface area contributed by atoms with Crippen molar-refractivity contribution in [3.63, 3.8) is 0 Å². The van der Waals surface area contributed by atoms with Crippen LogP contribution >= 0.6 is 23.2 Å². The number of nitrogens with one attached hydrogen (secondary N) is 1. The molecule has 0 saturated carbocycles. The minimum absolute atomic E-state index is 0.220. The molecule has 1 unspecified atom stereocenters. The molecule has 1 aromatic rings. The Morgan fingerprint density at radius 1 is 1.35 bits per heavy atom. The molecule has 0 heterocycles. The molecule has 0 aliphatic carbocycles. The van der Waals surface area contributed by atoms with Gasteiger partial charge in [0.25, 0.3) is 0 Å². The molecule has 0 amide bonds. The molecule has 1 atom stereocenters. The average molecular weight is 272 g/mol. The van der Waals surface area contributed by atoms with E-state index in [1.165, 1.54) is 5.57 Å². The summed E-state index contributed by atoms with van der Waals surface area (Å²) in [4.78, 5) is 0. The fourth-order valence-electron chi connectivity index (χ4n) is 1.76. The second kappa shape index (κ2) is 7.05. The van der Waals surface area contributed by atoms with Gasteiger partial charge in [0.05, 0.1) is 0 Å². The molecule has 0 fully saturated rings. The van der Waals surface area contributed by atoms with E-state index in [1.807, 2.05) is 12.1 Å². The van der Waals surface area contributed by atoms with Gasteiger partial charge >= 0.3 is 0 Å². The van der Waals surface area contributed by atoms with Crippen molar-refractivity contribution in [1.82, 2.24) is 5.32 Å². The second-order valence-electron chi connectivity index (χ2n) is 4.08. The van der Waals surface area contributed by atoms with Crippen LogP contribution in [0.5, 0.6) is 0 Å². The summed E-state index contributed by atoms with van der Waals surface area (Å²) in [6.45, 7) is 9.17. The molecule has 3 heteroatoms. The first kappa shape index (κ1) is 14.6. The summed E-state index contributed by atoms with van der Waals surface area (Å²) >= 11 is 12.1. The third-order valence-electron chi connectivity index (χ3n) is 2.78. The van der Waals surface area contributed by atoms with Gasteiger partial charge in [-0.15, -0.1) is 0 Å². The SMILES string of the molecule is C=C(CC)CC(NCC)c1ccc(Cl)cc1Cl. The van der Waals surface area contributed by atoms with E-state index in [-0.39, 0.29) is 6.04 Å². The Balaban J connectivity index is 2.92. The number of benzene rings is 1. The molecule has 1 aromatic carbocycles. The van der Waals surface area contributed by atoms with Crippen LogP contribution in [-0.2, 0) is 0 Å². The number of rotatable bonds is 6. The Kier molecular flexibility index (Phi) is 6.04. The topological polar surface area (TPSA) is 12.0 Å². The highest BCUT2D eigenvalue weighted by Gasteiger charge is 2.14. The van der Waals surface area contributed by atoms with Gasteiger partial charge in [-0.3, -0.25) is 0 Å². The molecule has 0 radical (unpaired) electrons. The molecular weight excluding hydrogens is 253 g/mol. The first-order valence-corrected chi connectivity index (χ1v) is 6.69. The molecule has 94 valence electrons. The smallest absolute Gasteiger partial charge is 0.0468 e. The third-order valence-corrected chi connectivity index (χ3v) is 3.34. The van der Waals surface area contributed by atoms with Gasteiger partial charge in [0.1, 0.15) is 0 Å². The van der Waals surface area contributed by atoms with Gasteiger partial charge in [-0.1, -0.05) is 55.3 Å². The van der Waals surface area contributed by atoms with E-state index in [2.05, 4.69) is 25.7 Å². The lowest BCUT2D eigenvalue weighted by molar-refractivity contribution is 0.543. The quantitative estimate of drug-likeness (QED) is 0.718. The van der Waals surface area contributed by atoms with Crippen LogP contribution in [-0.4, -0.2) is 6.54 Å². The van der Waals surface area contributed by atoms with Gasteiger partial charge in [-0.25, -0.2) is 0 Å². The maximum atomic E-state index is 6.23. The molecule has 1 N–H and O–H groups in total. The molecule has 1 rings (SSSR count). The van der Waals surface area contributed by atoms with Crippen LogP contribution in [0.15, 0.2) is 30.4 Å². The highest BCUT2D eigenvalue weighted by Crippen LogP contribution is 2.30. The van der Waals surface area contributed by atoms with Gasteiger partial charge in [0, 0.05) is 16.1 Å². The molecular formula is C14H19Cl2N. The van der Waals surface area contributed by atoms with Crippen molar-refractivity contribution < 1.29 is 0 Å². The number of halogens is 2. The van der Waals surface area contributed by atoms with Gasteiger partial charge in [0.2, 0.25) is 0 Å². The standard InChI is InChI=1S/C14H19Cl2N/c1-4-10(3)8-14(17-5-2)12-7-6-11(15)9-13(12)16/h6-7,9,14,17H,3-5,8H2,1-2H3. The van der Waals surface area contributed by atoms with Crippen molar-refractivity contribution in [3.8, 4) is 0 Å². The van der Waals surface area contributed by atoms with Crippen LogP contribution < -0.4 is 5.32 Å². The molecule has 0 aliphatic rings. The summed E-state index contributed by atoms with van der Waals surface area (Å²) in [5.41, 5.74) is 2.31. The van der Waals surface area contributed by atoms with Crippen molar-refractivity contribution >= 4 is 23.2 Å². The van der Waals surface area contributed by atoms with Crippen molar-refractivity contribution in [1.29, 1.82) is 0 Å². The molecule has 0 aliphatic heterocycles. The van der Waals surface area contributed by atoms with Crippen LogP contribution in [0.3, 0.4) is 0 Å². The van der Waals surface area contributed by atoms with Gasteiger partial charge < -0.3 is 5.32 Å². The lowest BCUT2D eigenvalue weighted by Gasteiger charge is -2.20. The lowest BCUT2D eigenvalue weighted by atomic mass is 9.98. The molecule has 0 aromatic heterocycles. The summed E-state index contributed by atoms with van der Waals surface area (Å²) < 4.78 is 0. The van der Waals surface area contributed by atoms with E-state index in [1.54, 1.807) is 6.07 Å². The highest BCUT2D eigenvalue weighted by atomic mass is 35.5. The first-order valence-electron chi connectivity index (χ1n) is 5.93. The number of hydrogen-bond donors (Lipinski definition) is 1. The van der Waals surface area contributed by atoms with E-state index in [0.29, 0.717) is 10.0 Å². The normalized spacial score (nSPS) is 12.5. The van der Waals surface area contributed by atoms with E-state index in [4.69, 9.17) is 23.2 Å². The Bertz CT molecular complexity index is 388. The maximum absolute atomic E-state index is 6.23. The van der Waals surface area contributed by atoms with Crippen molar-refractivity contribution in [2.75, 3.05) is 6.54 Å². The zero-order valence-electron chi connectivity index (χ0n) is 10.4. The van der Waals surface area contributed by atoms with Crippen LogP contribution in [0.4, 0.5) is 0 Å². The first-order chi connectivity index (χ1) is 8.08. The third kappa shape index (κ3) is 4.34. The van der Waals surface area contributed by atoms with Crippen molar-refractivity contribution in [3.05, 3.63) is 46.0 Å². The molecule has 1 nitrogen and oxygen atoms in total.